The summed E-state index contributed by atoms with van der Waals surface area (Å²) >= 11 is 6.53. The molecule has 1 aromatic rings. The highest BCUT2D eigenvalue weighted by molar-refractivity contribution is 6.31. The van der Waals surface area contributed by atoms with Crippen molar-refractivity contribution in [2.45, 2.75) is 72.5 Å². The second-order valence-corrected chi connectivity index (χ2v) is 11.8. The summed E-state index contributed by atoms with van der Waals surface area (Å²) in [5.74, 6) is -3.19. The Kier molecular flexibility index (Phi) is 11.8. The van der Waals surface area contributed by atoms with Gasteiger partial charge in [-0.1, -0.05) is 29.8 Å². The zero-order valence-corrected chi connectivity index (χ0v) is 25.6. The lowest BCUT2D eigenvalue weighted by Gasteiger charge is -2.32. The number of alkyl carbamates (subject to hydrolysis) is 2. The number of carbonyl (C=O) groups is 4. The van der Waals surface area contributed by atoms with Gasteiger partial charge < -0.3 is 29.6 Å². The molecule has 0 spiro atoms. The molecule has 0 saturated carbocycles. The van der Waals surface area contributed by atoms with E-state index in [9.17, 15) is 19.2 Å². The lowest BCUT2D eigenvalue weighted by atomic mass is 9.75. The molecule has 2 N–H and O–H groups in total. The first kappa shape index (κ1) is 33.6. The topological polar surface area (TPSA) is 142 Å². The molecule has 0 fully saturated rings. The number of hydrogen-bond donors (Lipinski definition) is 2. The van der Waals surface area contributed by atoms with Crippen molar-refractivity contribution >= 4 is 41.4 Å². The number of esters is 2. The van der Waals surface area contributed by atoms with Gasteiger partial charge in [-0.3, -0.25) is 9.79 Å². The second-order valence-electron chi connectivity index (χ2n) is 11.4. The Hall–Kier alpha value is -3.60. The van der Waals surface area contributed by atoms with Crippen molar-refractivity contribution in [3.63, 3.8) is 0 Å². The SMILES string of the molecule is CC1=NC(C)=C(C(=O)OCCNC(=O)OC(C)(C)C)C(c2ccccc2Cl)C1C(=O)OCCNC(=O)OC(C)(C)C. The molecule has 0 aliphatic carbocycles. The molecule has 41 heavy (non-hydrogen) atoms. The summed E-state index contributed by atoms with van der Waals surface area (Å²) in [6, 6.07) is 6.87. The van der Waals surface area contributed by atoms with E-state index >= 15 is 0 Å². The summed E-state index contributed by atoms with van der Waals surface area (Å²) < 4.78 is 21.3. The van der Waals surface area contributed by atoms with Crippen molar-refractivity contribution in [2.75, 3.05) is 26.3 Å². The number of amides is 2. The van der Waals surface area contributed by atoms with Crippen LogP contribution in [0.2, 0.25) is 5.02 Å². The van der Waals surface area contributed by atoms with Crippen LogP contribution in [0, 0.1) is 5.92 Å². The maximum absolute atomic E-state index is 13.4. The molecule has 1 aliphatic rings. The van der Waals surface area contributed by atoms with Crippen LogP contribution >= 0.6 is 11.6 Å². The van der Waals surface area contributed by atoms with E-state index in [1.54, 1.807) is 79.7 Å². The number of carbonyl (C=O) groups excluding carboxylic acids is 4. The van der Waals surface area contributed by atoms with E-state index in [1.165, 1.54) is 0 Å². The van der Waals surface area contributed by atoms with Crippen LogP contribution < -0.4 is 10.6 Å². The Morgan fingerprint density at radius 1 is 0.854 bits per heavy atom. The van der Waals surface area contributed by atoms with Gasteiger partial charge in [-0.25, -0.2) is 14.4 Å². The molecule has 0 saturated heterocycles. The highest BCUT2D eigenvalue weighted by Gasteiger charge is 2.43. The third-order valence-corrected chi connectivity index (χ3v) is 5.90. The highest BCUT2D eigenvalue weighted by atomic mass is 35.5. The number of benzene rings is 1. The van der Waals surface area contributed by atoms with Gasteiger partial charge in [0.15, 0.2) is 0 Å². The van der Waals surface area contributed by atoms with Crippen LogP contribution in [0.1, 0.15) is 66.9 Å². The summed E-state index contributed by atoms with van der Waals surface area (Å²) in [5, 5.41) is 5.41. The number of hydrogen-bond acceptors (Lipinski definition) is 9. The van der Waals surface area contributed by atoms with Gasteiger partial charge in [-0.05, 0) is 67.0 Å². The standard InChI is InChI=1S/C29H40ClN3O8/c1-17-21(24(34)38-15-13-31-26(36)40-28(3,4)5)23(19-11-9-10-12-20(19)30)22(18(2)33-17)25(35)39-16-14-32-27(37)41-29(6,7)8/h9-12,21,23H,13-16H2,1-8H3,(H,31,36)(H,32,37). The van der Waals surface area contributed by atoms with Crippen LogP contribution in [0.15, 0.2) is 40.5 Å². The van der Waals surface area contributed by atoms with Crippen LogP contribution in [0.5, 0.6) is 0 Å². The zero-order chi connectivity index (χ0) is 31.0. The average Bonchev–Trinajstić information content (AvgIpc) is 2.82. The third-order valence-electron chi connectivity index (χ3n) is 5.56. The van der Waals surface area contributed by atoms with E-state index in [-0.39, 0.29) is 31.9 Å². The molecule has 2 rings (SSSR count). The molecule has 2 amide bonds. The fourth-order valence-corrected chi connectivity index (χ4v) is 4.32. The first-order valence-corrected chi connectivity index (χ1v) is 13.7. The number of nitrogens with zero attached hydrogens (tertiary/aromatic N) is 1. The fourth-order valence-electron chi connectivity index (χ4n) is 4.07. The number of ether oxygens (including phenoxy) is 4. The van der Waals surface area contributed by atoms with Crippen LogP contribution in [0.3, 0.4) is 0 Å². The summed E-state index contributed by atoms with van der Waals surface area (Å²) in [6.07, 6.45) is -1.28. The van der Waals surface area contributed by atoms with Crippen molar-refractivity contribution < 1.29 is 38.1 Å². The summed E-state index contributed by atoms with van der Waals surface area (Å²) in [6.45, 7) is 13.5. The molecule has 1 aliphatic heterocycles. The predicted octanol–water partition coefficient (Wildman–Crippen LogP) is 4.92. The number of aliphatic imine (C=N–C) groups is 1. The van der Waals surface area contributed by atoms with Gasteiger partial charge in [0, 0.05) is 22.3 Å². The molecule has 0 aromatic heterocycles. The third kappa shape index (κ3) is 10.7. The second kappa shape index (κ2) is 14.3. The van der Waals surface area contributed by atoms with Crippen LogP contribution in [-0.4, -0.2) is 67.3 Å². The molecule has 2 atom stereocenters. The smallest absolute Gasteiger partial charge is 0.407 e. The Balaban J connectivity index is 2.19. The van der Waals surface area contributed by atoms with Crippen molar-refractivity contribution in [1.29, 1.82) is 0 Å². The lowest BCUT2D eigenvalue weighted by Crippen LogP contribution is -2.39. The summed E-state index contributed by atoms with van der Waals surface area (Å²) in [7, 11) is 0. The monoisotopic (exact) mass is 593 g/mol. The molecular formula is C29H40ClN3O8. The van der Waals surface area contributed by atoms with Crippen molar-refractivity contribution in [2.24, 2.45) is 10.9 Å². The van der Waals surface area contributed by atoms with Crippen molar-refractivity contribution in [3.8, 4) is 0 Å². The summed E-state index contributed by atoms with van der Waals surface area (Å²) in [5.41, 5.74) is 0.136. The van der Waals surface area contributed by atoms with E-state index < -0.39 is 47.2 Å². The first-order chi connectivity index (χ1) is 19.0. The molecule has 11 nitrogen and oxygen atoms in total. The number of allylic oxidation sites excluding steroid dienone is 1. The van der Waals surface area contributed by atoms with Gasteiger partial charge in [-0.15, -0.1) is 0 Å². The Bertz CT molecular complexity index is 1200. The van der Waals surface area contributed by atoms with Crippen LogP contribution in [-0.2, 0) is 28.5 Å². The maximum Gasteiger partial charge on any atom is 0.407 e. The van der Waals surface area contributed by atoms with Gasteiger partial charge >= 0.3 is 24.1 Å². The number of nitrogens with one attached hydrogen (secondary N) is 2. The minimum absolute atomic E-state index is 0.0160. The fraction of sp³-hybridized carbons (Fsp3) is 0.552. The summed E-state index contributed by atoms with van der Waals surface area (Å²) in [4.78, 5) is 55.0. The van der Waals surface area contributed by atoms with Crippen LogP contribution in [0.25, 0.3) is 0 Å². The molecule has 0 bridgehead atoms. The lowest BCUT2D eigenvalue weighted by molar-refractivity contribution is -0.146. The molecule has 2 unspecified atom stereocenters. The van der Waals surface area contributed by atoms with E-state index in [0.29, 0.717) is 22.0 Å². The maximum atomic E-state index is 13.4. The minimum atomic E-state index is -0.984. The molecule has 1 heterocycles. The molecule has 12 heteroatoms. The molecule has 226 valence electrons. The van der Waals surface area contributed by atoms with E-state index in [1.807, 2.05) is 0 Å². The van der Waals surface area contributed by atoms with E-state index in [0.717, 1.165) is 0 Å². The van der Waals surface area contributed by atoms with Crippen LogP contribution in [0.4, 0.5) is 9.59 Å². The largest absolute Gasteiger partial charge is 0.463 e. The minimum Gasteiger partial charge on any atom is -0.463 e. The van der Waals surface area contributed by atoms with Crippen molar-refractivity contribution in [3.05, 3.63) is 46.1 Å². The normalized spacial score (nSPS) is 17.2. The molecule has 0 radical (unpaired) electrons. The van der Waals surface area contributed by atoms with E-state index in [4.69, 9.17) is 30.5 Å². The van der Waals surface area contributed by atoms with Gasteiger partial charge in [0.25, 0.3) is 0 Å². The Morgan fingerprint density at radius 3 is 1.88 bits per heavy atom. The Morgan fingerprint density at radius 2 is 1.37 bits per heavy atom. The van der Waals surface area contributed by atoms with Gasteiger partial charge in [-0.2, -0.15) is 0 Å². The zero-order valence-electron chi connectivity index (χ0n) is 24.9. The average molecular weight is 594 g/mol. The Labute approximate surface area is 246 Å². The van der Waals surface area contributed by atoms with Gasteiger partial charge in [0.05, 0.1) is 18.7 Å². The highest BCUT2D eigenvalue weighted by Crippen LogP contribution is 2.42. The first-order valence-electron chi connectivity index (χ1n) is 13.3. The molecular weight excluding hydrogens is 554 g/mol. The predicted molar refractivity (Wildman–Crippen MR) is 154 cm³/mol. The van der Waals surface area contributed by atoms with Gasteiger partial charge in [0.1, 0.15) is 30.3 Å². The van der Waals surface area contributed by atoms with Gasteiger partial charge in [0.2, 0.25) is 0 Å². The number of halogens is 1. The number of rotatable bonds is 9. The molecule has 1 aromatic carbocycles. The van der Waals surface area contributed by atoms with E-state index in [2.05, 4.69) is 15.6 Å². The quantitative estimate of drug-likeness (QED) is 0.233. The van der Waals surface area contributed by atoms with Crippen molar-refractivity contribution in [1.82, 2.24) is 10.6 Å².